The Morgan fingerprint density at radius 2 is 1.77 bits per heavy atom. The third-order valence-corrected chi connectivity index (χ3v) is 5.90. The van der Waals surface area contributed by atoms with Gasteiger partial charge in [-0.1, -0.05) is 12.1 Å². The maximum Gasteiger partial charge on any atom is 0.332 e. The largest absolute Gasteiger partial charge is 0.384 e. The summed E-state index contributed by atoms with van der Waals surface area (Å²) in [5.74, 6) is -1.40. The Balaban J connectivity index is 1.81. The number of carbonyl (C=O) groups excluding carboxylic acids is 1. The lowest BCUT2D eigenvalue weighted by Crippen LogP contribution is -2.42. The second kappa shape index (κ2) is 7.43. The average molecular weight is 441 g/mol. The van der Waals surface area contributed by atoms with E-state index in [9.17, 15) is 23.6 Å². The molecule has 0 aliphatic carbocycles. The van der Waals surface area contributed by atoms with Crippen LogP contribution < -0.4 is 22.5 Å². The highest BCUT2D eigenvalue weighted by atomic mass is 32.1. The Bertz CT molecular complexity index is 1530. The molecule has 4 rings (SSSR count). The monoisotopic (exact) mass is 441 g/mol. The van der Waals surface area contributed by atoms with Gasteiger partial charge in [0.1, 0.15) is 22.0 Å². The third kappa shape index (κ3) is 3.28. The molecule has 31 heavy (non-hydrogen) atoms. The summed E-state index contributed by atoms with van der Waals surface area (Å²) >= 11 is 1.25. The highest BCUT2D eigenvalue weighted by Crippen LogP contribution is 2.30. The summed E-state index contributed by atoms with van der Waals surface area (Å²) in [5.41, 5.74) is 4.66. The fourth-order valence-electron chi connectivity index (χ4n) is 3.28. The number of halogens is 1. The first-order chi connectivity index (χ1) is 14.7. The fourth-order valence-corrected chi connectivity index (χ4v) is 4.18. The molecule has 1 aromatic carbocycles. The number of anilines is 1. The van der Waals surface area contributed by atoms with E-state index in [1.165, 1.54) is 43.9 Å². The van der Waals surface area contributed by atoms with E-state index in [4.69, 9.17) is 5.73 Å². The molecular weight excluding hydrogens is 425 g/mol. The molecule has 3 heterocycles. The van der Waals surface area contributed by atoms with E-state index < -0.39 is 35.0 Å². The van der Waals surface area contributed by atoms with Crippen molar-refractivity contribution in [1.82, 2.24) is 18.7 Å². The summed E-state index contributed by atoms with van der Waals surface area (Å²) in [6.45, 7) is -0.488. The number of nitrogen functional groups attached to an aromatic ring is 1. The summed E-state index contributed by atoms with van der Waals surface area (Å²) in [5, 5.41) is 2.02. The van der Waals surface area contributed by atoms with Crippen LogP contribution in [0.1, 0.15) is 10.4 Å². The molecule has 3 aromatic heterocycles. The zero-order valence-electron chi connectivity index (χ0n) is 16.5. The number of thiophene rings is 1. The molecule has 0 amide bonds. The molecule has 0 aliphatic rings. The summed E-state index contributed by atoms with van der Waals surface area (Å²) < 4.78 is 16.1. The molecule has 0 radical (unpaired) electrons. The molecule has 0 unspecified atom stereocenters. The Morgan fingerprint density at radius 1 is 1.10 bits per heavy atom. The van der Waals surface area contributed by atoms with E-state index in [2.05, 4.69) is 4.98 Å². The number of hydrogen-bond donors (Lipinski definition) is 1. The number of carbonyl (C=O) groups is 1. The van der Waals surface area contributed by atoms with Crippen LogP contribution in [-0.4, -0.2) is 24.5 Å². The van der Waals surface area contributed by atoms with Gasteiger partial charge in [-0.2, -0.15) is 0 Å². The number of fused-ring (bicyclic) bond motifs is 1. The van der Waals surface area contributed by atoms with Crippen LogP contribution in [0.2, 0.25) is 0 Å². The average Bonchev–Trinajstić information content (AvgIpc) is 3.18. The lowest BCUT2D eigenvalue weighted by molar-refractivity contribution is 0.0968. The lowest BCUT2D eigenvalue weighted by atomic mass is 10.1. The Morgan fingerprint density at radius 3 is 2.45 bits per heavy atom. The number of aromatic nitrogens is 4. The van der Waals surface area contributed by atoms with E-state index >= 15 is 0 Å². The Kier molecular flexibility index (Phi) is 4.90. The highest BCUT2D eigenvalue weighted by Gasteiger charge is 2.22. The van der Waals surface area contributed by atoms with Crippen molar-refractivity contribution in [3.63, 3.8) is 0 Å². The summed E-state index contributed by atoms with van der Waals surface area (Å²) in [7, 11) is 2.58. The van der Waals surface area contributed by atoms with Crippen LogP contribution in [0.5, 0.6) is 0 Å². The quantitative estimate of drug-likeness (QED) is 0.474. The smallest absolute Gasteiger partial charge is 0.332 e. The topological polar surface area (TPSA) is 122 Å². The zero-order chi connectivity index (χ0) is 22.4. The third-order valence-electron chi connectivity index (χ3n) is 5.02. The van der Waals surface area contributed by atoms with Crippen LogP contribution in [-0.2, 0) is 20.6 Å². The van der Waals surface area contributed by atoms with Gasteiger partial charge in [0.2, 0.25) is 0 Å². The first kappa shape index (κ1) is 20.4. The standard InChI is InChI=1S/C20H16FN5O4S/c1-24-16(22)15(18(28)25(2)20(24)30)13(27)7-26-9-23-17-14(19(26)29)12(8-31-17)10-3-5-11(21)6-4-10/h3-6,8-9H,7,22H2,1-2H3. The number of benzene rings is 1. The predicted molar refractivity (Wildman–Crippen MR) is 115 cm³/mol. The predicted octanol–water partition coefficient (Wildman–Crippen LogP) is 1.13. The number of Topliss-reactive ketones (excluding diaryl/α,β-unsaturated/α-hetero) is 1. The summed E-state index contributed by atoms with van der Waals surface area (Å²) in [4.78, 5) is 55.0. The summed E-state index contributed by atoms with van der Waals surface area (Å²) in [6, 6.07) is 5.67. The van der Waals surface area contributed by atoms with Gasteiger partial charge in [0, 0.05) is 25.0 Å². The molecule has 0 aliphatic heterocycles. The van der Waals surface area contributed by atoms with Gasteiger partial charge in [-0.15, -0.1) is 11.3 Å². The maximum atomic E-state index is 13.3. The molecule has 0 saturated heterocycles. The molecule has 0 fully saturated rings. The van der Waals surface area contributed by atoms with Crippen molar-refractivity contribution in [2.24, 2.45) is 14.1 Å². The molecule has 158 valence electrons. The number of rotatable bonds is 4. The van der Waals surface area contributed by atoms with Crippen molar-refractivity contribution in [1.29, 1.82) is 0 Å². The number of hydrogen-bond acceptors (Lipinski definition) is 7. The van der Waals surface area contributed by atoms with Crippen molar-refractivity contribution >= 4 is 33.2 Å². The molecular formula is C20H16FN5O4S. The van der Waals surface area contributed by atoms with Crippen molar-refractivity contribution < 1.29 is 9.18 Å². The van der Waals surface area contributed by atoms with Crippen LogP contribution in [0.15, 0.2) is 50.4 Å². The van der Waals surface area contributed by atoms with Crippen molar-refractivity contribution in [2.75, 3.05) is 5.73 Å². The second-order valence-electron chi connectivity index (χ2n) is 6.90. The van der Waals surface area contributed by atoms with E-state index in [0.717, 1.165) is 13.7 Å². The molecule has 0 saturated carbocycles. The van der Waals surface area contributed by atoms with Gasteiger partial charge in [0.05, 0.1) is 18.3 Å². The van der Waals surface area contributed by atoms with Crippen LogP contribution in [0.4, 0.5) is 10.2 Å². The van der Waals surface area contributed by atoms with E-state index in [1.54, 1.807) is 17.5 Å². The minimum absolute atomic E-state index is 0.275. The lowest BCUT2D eigenvalue weighted by Gasteiger charge is -2.11. The molecule has 0 spiro atoms. The molecule has 2 N–H and O–H groups in total. The van der Waals surface area contributed by atoms with Crippen LogP contribution in [0.3, 0.4) is 0 Å². The molecule has 9 nitrogen and oxygen atoms in total. The SMILES string of the molecule is Cn1c(N)c(C(=O)Cn2cnc3scc(-c4ccc(F)cc4)c3c2=O)c(=O)n(C)c1=O. The fraction of sp³-hybridized carbons (Fsp3) is 0.150. The van der Waals surface area contributed by atoms with E-state index in [-0.39, 0.29) is 16.8 Å². The number of ketones is 1. The highest BCUT2D eigenvalue weighted by molar-refractivity contribution is 7.17. The molecule has 4 aromatic rings. The Labute approximate surface area is 177 Å². The van der Waals surface area contributed by atoms with Gasteiger partial charge in [0.15, 0.2) is 5.78 Å². The van der Waals surface area contributed by atoms with E-state index in [1.807, 2.05) is 0 Å². The van der Waals surface area contributed by atoms with Gasteiger partial charge in [0.25, 0.3) is 11.1 Å². The van der Waals surface area contributed by atoms with Gasteiger partial charge >= 0.3 is 5.69 Å². The number of nitrogens with zero attached hydrogens (tertiary/aromatic N) is 4. The van der Waals surface area contributed by atoms with Crippen molar-refractivity contribution in [2.45, 2.75) is 6.54 Å². The van der Waals surface area contributed by atoms with Crippen LogP contribution >= 0.6 is 11.3 Å². The van der Waals surface area contributed by atoms with Crippen LogP contribution in [0.25, 0.3) is 21.3 Å². The first-order valence-corrected chi connectivity index (χ1v) is 9.90. The zero-order valence-corrected chi connectivity index (χ0v) is 17.3. The Hall–Kier alpha value is -3.86. The van der Waals surface area contributed by atoms with Crippen molar-refractivity contribution in [3.8, 4) is 11.1 Å². The molecule has 0 atom stereocenters. The molecule has 0 bridgehead atoms. The molecule has 11 heteroatoms. The van der Waals surface area contributed by atoms with Gasteiger partial charge in [-0.25, -0.2) is 14.2 Å². The van der Waals surface area contributed by atoms with Gasteiger partial charge in [-0.05, 0) is 17.7 Å². The van der Waals surface area contributed by atoms with Crippen molar-refractivity contribution in [3.05, 3.63) is 78.5 Å². The minimum atomic E-state index is -0.838. The van der Waals surface area contributed by atoms with Gasteiger partial charge < -0.3 is 5.73 Å². The maximum absolute atomic E-state index is 13.3. The van der Waals surface area contributed by atoms with Crippen LogP contribution in [0, 0.1) is 5.82 Å². The summed E-state index contributed by atoms with van der Waals surface area (Å²) in [6.07, 6.45) is 1.22. The number of nitrogens with two attached hydrogens (primary N) is 1. The van der Waals surface area contributed by atoms with Gasteiger partial charge in [-0.3, -0.25) is 28.1 Å². The minimum Gasteiger partial charge on any atom is -0.384 e. The second-order valence-corrected chi connectivity index (χ2v) is 7.76. The van der Waals surface area contributed by atoms with E-state index in [0.29, 0.717) is 16.0 Å². The normalized spacial score (nSPS) is 11.2. The first-order valence-electron chi connectivity index (χ1n) is 9.02.